The number of hydrogen-bond donors (Lipinski definition) is 2. The molecule has 2 aromatic heterocycles. The summed E-state index contributed by atoms with van der Waals surface area (Å²) in [5, 5.41) is 24.4. The summed E-state index contributed by atoms with van der Waals surface area (Å²) in [4.78, 5) is 35.6. The van der Waals surface area contributed by atoms with Crippen molar-refractivity contribution < 1.29 is 14.5 Å². The van der Waals surface area contributed by atoms with Crippen LogP contribution in [0, 0.1) is 23.0 Å². The van der Waals surface area contributed by atoms with Gasteiger partial charge in [-0.2, -0.15) is 9.78 Å². The van der Waals surface area contributed by atoms with Crippen LogP contribution in [0.25, 0.3) is 0 Å². The summed E-state index contributed by atoms with van der Waals surface area (Å²) in [5.74, 6) is -0.824. The number of nitro groups is 1. The molecule has 152 valence electrons. The van der Waals surface area contributed by atoms with E-state index < -0.39 is 16.9 Å². The van der Waals surface area contributed by atoms with E-state index in [1.165, 1.54) is 21.6 Å². The first kappa shape index (κ1) is 21.1. The fourth-order valence-corrected chi connectivity index (χ4v) is 2.74. The number of aromatic nitrogens is 4. The minimum atomic E-state index is -0.763. The lowest BCUT2D eigenvalue weighted by molar-refractivity contribution is -0.389. The van der Waals surface area contributed by atoms with Gasteiger partial charge in [-0.25, -0.2) is 0 Å². The number of anilines is 1. The molecular weight excluding hydrogens is 366 g/mol. The molecule has 0 aliphatic heterocycles. The topological polar surface area (TPSA) is 137 Å². The van der Waals surface area contributed by atoms with Gasteiger partial charge in [0.2, 0.25) is 0 Å². The maximum Gasteiger partial charge on any atom is 0.390 e. The van der Waals surface area contributed by atoms with E-state index in [1.807, 2.05) is 13.8 Å². The lowest BCUT2D eigenvalue weighted by Crippen LogP contribution is -2.31. The van der Waals surface area contributed by atoms with Crippen molar-refractivity contribution in [2.24, 2.45) is 13.0 Å². The van der Waals surface area contributed by atoms with Gasteiger partial charge in [0.15, 0.2) is 6.04 Å². The van der Waals surface area contributed by atoms with Gasteiger partial charge in [-0.15, -0.1) is 0 Å². The average Bonchev–Trinajstić information content (AvgIpc) is 3.17. The summed E-state index contributed by atoms with van der Waals surface area (Å²) in [6.07, 6.45) is 1.76. The van der Waals surface area contributed by atoms with Crippen molar-refractivity contribution in [2.45, 2.75) is 40.2 Å². The van der Waals surface area contributed by atoms with Gasteiger partial charge < -0.3 is 20.7 Å². The Labute approximate surface area is 162 Å². The van der Waals surface area contributed by atoms with Crippen LogP contribution in [-0.4, -0.2) is 42.8 Å². The fourth-order valence-electron chi connectivity index (χ4n) is 2.74. The molecule has 2 heterocycles. The van der Waals surface area contributed by atoms with Crippen molar-refractivity contribution in [2.75, 3.05) is 11.9 Å². The van der Waals surface area contributed by atoms with Crippen LogP contribution in [0.15, 0.2) is 12.3 Å². The van der Waals surface area contributed by atoms with Gasteiger partial charge in [-0.05, 0) is 24.2 Å². The zero-order chi connectivity index (χ0) is 21.0. The first-order valence-corrected chi connectivity index (χ1v) is 8.97. The summed E-state index contributed by atoms with van der Waals surface area (Å²) in [6.45, 7) is 7.86. The Bertz CT molecular complexity index is 884. The molecule has 2 N–H and O–H groups in total. The molecule has 0 aliphatic carbocycles. The smallest absolute Gasteiger partial charge is 0.358 e. The number of hydrogen-bond acceptors (Lipinski definition) is 6. The van der Waals surface area contributed by atoms with Crippen LogP contribution in [0.3, 0.4) is 0 Å². The van der Waals surface area contributed by atoms with E-state index in [-0.39, 0.29) is 29.0 Å². The number of nitrogens with one attached hydrogen (secondary N) is 2. The van der Waals surface area contributed by atoms with Crippen LogP contribution >= 0.6 is 0 Å². The number of carbonyl (C=O) groups is 2. The Kier molecular flexibility index (Phi) is 6.49. The molecule has 11 nitrogen and oxygen atoms in total. The minimum absolute atomic E-state index is 0.229. The SMILES string of the molecule is CCC(C(=O)Nc1cnn(C)c1C(=O)NCC(C)C)n1nc([N+](=O)[O-])cc1C. The Balaban J connectivity index is 2.24. The highest BCUT2D eigenvalue weighted by Crippen LogP contribution is 2.22. The maximum atomic E-state index is 12.8. The van der Waals surface area contributed by atoms with Gasteiger partial charge in [0, 0.05) is 13.6 Å². The highest BCUT2D eigenvalue weighted by Gasteiger charge is 2.28. The van der Waals surface area contributed by atoms with Crippen LogP contribution in [-0.2, 0) is 11.8 Å². The standard InChI is InChI=1S/C17H25N7O4/c1-6-13(23-11(4)7-14(21-23)24(27)28)16(25)20-12-9-19-22(5)15(12)17(26)18-8-10(2)3/h7,9-10,13H,6,8H2,1-5H3,(H,18,26)(H,20,25). The summed E-state index contributed by atoms with van der Waals surface area (Å²) in [7, 11) is 1.61. The van der Waals surface area contributed by atoms with Gasteiger partial charge in [0.25, 0.3) is 11.8 Å². The molecule has 2 amide bonds. The van der Waals surface area contributed by atoms with E-state index >= 15 is 0 Å². The van der Waals surface area contributed by atoms with Crippen molar-refractivity contribution in [3.05, 3.63) is 33.8 Å². The fraction of sp³-hybridized carbons (Fsp3) is 0.529. The second kappa shape index (κ2) is 8.63. The summed E-state index contributed by atoms with van der Waals surface area (Å²) in [6, 6.07) is 0.547. The highest BCUT2D eigenvalue weighted by atomic mass is 16.6. The molecule has 28 heavy (non-hydrogen) atoms. The molecule has 0 saturated carbocycles. The normalized spacial score (nSPS) is 12.1. The van der Waals surface area contributed by atoms with Gasteiger partial charge in [0.1, 0.15) is 5.69 Å². The number of carbonyl (C=O) groups excluding carboxylic acids is 2. The van der Waals surface area contributed by atoms with Crippen molar-refractivity contribution in [3.63, 3.8) is 0 Å². The van der Waals surface area contributed by atoms with E-state index in [0.29, 0.717) is 18.7 Å². The molecule has 0 aromatic carbocycles. The van der Waals surface area contributed by atoms with Gasteiger partial charge in [-0.1, -0.05) is 20.8 Å². The average molecular weight is 391 g/mol. The summed E-state index contributed by atoms with van der Waals surface area (Å²) >= 11 is 0. The second-order valence-electron chi connectivity index (χ2n) is 6.89. The van der Waals surface area contributed by atoms with Crippen LogP contribution in [0.5, 0.6) is 0 Å². The van der Waals surface area contributed by atoms with Crippen molar-refractivity contribution >= 4 is 23.3 Å². The first-order valence-electron chi connectivity index (χ1n) is 8.97. The largest absolute Gasteiger partial charge is 0.390 e. The van der Waals surface area contributed by atoms with Gasteiger partial charge in [0.05, 0.1) is 28.7 Å². The van der Waals surface area contributed by atoms with Crippen LogP contribution in [0.4, 0.5) is 11.5 Å². The maximum absolute atomic E-state index is 12.8. The van der Waals surface area contributed by atoms with E-state index in [4.69, 9.17) is 0 Å². The zero-order valence-electron chi connectivity index (χ0n) is 16.6. The van der Waals surface area contributed by atoms with E-state index in [1.54, 1.807) is 20.9 Å². The molecule has 0 saturated heterocycles. The van der Waals surface area contributed by atoms with Crippen molar-refractivity contribution in [1.29, 1.82) is 0 Å². The number of nitrogens with zero attached hydrogens (tertiary/aromatic N) is 5. The highest BCUT2D eigenvalue weighted by molar-refractivity contribution is 6.03. The van der Waals surface area contributed by atoms with Crippen LogP contribution < -0.4 is 10.6 Å². The Morgan fingerprint density at radius 2 is 2.04 bits per heavy atom. The lowest BCUT2D eigenvalue weighted by atomic mass is 10.2. The molecule has 2 aromatic rings. The van der Waals surface area contributed by atoms with Crippen molar-refractivity contribution in [3.8, 4) is 0 Å². The molecule has 0 bridgehead atoms. The molecule has 0 spiro atoms. The molecular formula is C17H25N7O4. The number of amides is 2. The van der Waals surface area contributed by atoms with E-state index in [0.717, 1.165) is 0 Å². The predicted octanol–water partition coefficient (Wildman–Crippen LogP) is 1.81. The minimum Gasteiger partial charge on any atom is -0.358 e. The summed E-state index contributed by atoms with van der Waals surface area (Å²) < 4.78 is 2.71. The first-order chi connectivity index (χ1) is 13.1. The molecule has 0 fully saturated rings. The van der Waals surface area contributed by atoms with E-state index in [2.05, 4.69) is 20.8 Å². The lowest BCUT2D eigenvalue weighted by Gasteiger charge is -2.15. The van der Waals surface area contributed by atoms with Gasteiger partial charge in [-0.3, -0.25) is 14.3 Å². The molecule has 0 aliphatic rings. The van der Waals surface area contributed by atoms with E-state index in [9.17, 15) is 19.7 Å². The van der Waals surface area contributed by atoms with Crippen LogP contribution in [0.2, 0.25) is 0 Å². The third-order valence-electron chi connectivity index (χ3n) is 4.16. The second-order valence-corrected chi connectivity index (χ2v) is 6.89. The van der Waals surface area contributed by atoms with Crippen LogP contribution in [0.1, 0.15) is 49.4 Å². The number of rotatable bonds is 8. The Morgan fingerprint density at radius 1 is 1.36 bits per heavy atom. The third kappa shape index (κ3) is 4.53. The quantitative estimate of drug-likeness (QED) is 0.520. The zero-order valence-corrected chi connectivity index (χ0v) is 16.6. The molecule has 1 unspecified atom stereocenters. The third-order valence-corrected chi connectivity index (χ3v) is 4.16. The molecule has 2 rings (SSSR count). The molecule has 1 atom stereocenters. The van der Waals surface area contributed by atoms with Crippen molar-refractivity contribution in [1.82, 2.24) is 24.9 Å². The Hall–Kier alpha value is -3.24. The Morgan fingerprint density at radius 3 is 2.57 bits per heavy atom. The predicted molar refractivity (Wildman–Crippen MR) is 102 cm³/mol. The molecule has 0 radical (unpaired) electrons. The van der Waals surface area contributed by atoms with Gasteiger partial charge >= 0.3 is 5.82 Å². The summed E-state index contributed by atoms with van der Waals surface area (Å²) in [5.41, 5.74) is 0.994. The number of aryl methyl sites for hydroxylation is 2. The monoisotopic (exact) mass is 391 g/mol. The molecule has 11 heteroatoms.